The highest BCUT2D eigenvalue weighted by Gasteiger charge is 2.12. The molecule has 0 fully saturated rings. The van der Waals surface area contributed by atoms with Crippen LogP contribution in [0.15, 0.2) is 36.4 Å². The lowest BCUT2D eigenvalue weighted by Crippen LogP contribution is -2.30. The van der Waals surface area contributed by atoms with Gasteiger partial charge in [0, 0.05) is 5.56 Å². The monoisotopic (exact) mass is 299 g/mol. The molecule has 22 heavy (non-hydrogen) atoms. The first kappa shape index (κ1) is 16.0. The molecule has 5 nitrogen and oxygen atoms in total. The number of nitrogens with one attached hydrogen (secondary N) is 1. The number of pyridine rings is 1. The molecule has 1 amide bonds. The summed E-state index contributed by atoms with van der Waals surface area (Å²) in [6, 6.07) is 11.3. The summed E-state index contributed by atoms with van der Waals surface area (Å²) in [6.45, 7) is 4.59. The van der Waals surface area contributed by atoms with E-state index in [4.69, 9.17) is 10.6 Å². The summed E-state index contributed by atoms with van der Waals surface area (Å²) in [5.41, 5.74) is 4.91. The standard InChI is InChI=1S/C17H21N3O2/c1-3-4-11-22-16-8-6-5-7-14(16)15-10-9-13(12(2)19-15)17(21)20-18/h5-10H,3-4,11,18H2,1-2H3,(H,20,21). The first-order valence-electron chi connectivity index (χ1n) is 7.38. The molecule has 1 aromatic carbocycles. The largest absolute Gasteiger partial charge is 0.493 e. The number of carbonyl (C=O) groups excluding carboxylic acids is 1. The van der Waals surface area contributed by atoms with Crippen LogP contribution < -0.4 is 16.0 Å². The molecule has 0 aliphatic heterocycles. The number of nitrogens with two attached hydrogens (primary N) is 1. The number of para-hydroxylation sites is 1. The highest BCUT2D eigenvalue weighted by atomic mass is 16.5. The van der Waals surface area contributed by atoms with Gasteiger partial charge in [-0.25, -0.2) is 5.84 Å². The minimum Gasteiger partial charge on any atom is -0.493 e. The van der Waals surface area contributed by atoms with Gasteiger partial charge in [-0.05, 0) is 37.6 Å². The number of nitrogen functional groups attached to an aromatic ring is 1. The fraction of sp³-hybridized carbons (Fsp3) is 0.294. The Morgan fingerprint density at radius 1 is 1.27 bits per heavy atom. The van der Waals surface area contributed by atoms with Gasteiger partial charge in [-0.3, -0.25) is 15.2 Å². The van der Waals surface area contributed by atoms with E-state index in [2.05, 4.69) is 17.3 Å². The minimum atomic E-state index is -0.343. The van der Waals surface area contributed by atoms with Crippen LogP contribution in [0.2, 0.25) is 0 Å². The number of aromatic nitrogens is 1. The number of carbonyl (C=O) groups is 1. The Labute approximate surface area is 130 Å². The van der Waals surface area contributed by atoms with Gasteiger partial charge < -0.3 is 4.74 Å². The maximum absolute atomic E-state index is 11.6. The molecule has 0 atom stereocenters. The zero-order chi connectivity index (χ0) is 15.9. The molecular weight excluding hydrogens is 278 g/mol. The summed E-state index contributed by atoms with van der Waals surface area (Å²) in [6.07, 6.45) is 2.10. The maximum Gasteiger partial charge on any atom is 0.267 e. The number of rotatable bonds is 6. The number of hydrogen-bond donors (Lipinski definition) is 2. The van der Waals surface area contributed by atoms with Crippen molar-refractivity contribution in [1.82, 2.24) is 10.4 Å². The number of amides is 1. The van der Waals surface area contributed by atoms with E-state index in [1.165, 1.54) is 0 Å². The molecule has 0 radical (unpaired) electrons. The fourth-order valence-electron chi connectivity index (χ4n) is 2.16. The lowest BCUT2D eigenvalue weighted by molar-refractivity contribution is 0.0952. The molecule has 3 N–H and O–H groups in total. The number of aryl methyl sites for hydroxylation is 1. The van der Waals surface area contributed by atoms with Gasteiger partial charge in [0.15, 0.2) is 0 Å². The minimum absolute atomic E-state index is 0.343. The molecule has 2 aromatic rings. The van der Waals surface area contributed by atoms with E-state index in [-0.39, 0.29) is 5.91 Å². The SMILES string of the molecule is CCCCOc1ccccc1-c1ccc(C(=O)NN)c(C)n1. The number of ether oxygens (including phenoxy) is 1. The maximum atomic E-state index is 11.6. The molecule has 2 rings (SSSR count). The van der Waals surface area contributed by atoms with Crippen molar-refractivity contribution in [3.05, 3.63) is 47.7 Å². The predicted octanol–water partition coefficient (Wildman–Crippen LogP) is 2.84. The second kappa shape index (κ2) is 7.56. The van der Waals surface area contributed by atoms with Gasteiger partial charge in [0.05, 0.1) is 23.6 Å². The third-order valence-corrected chi connectivity index (χ3v) is 3.38. The predicted molar refractivity (Wildman–Crippen MR) is 86.5 cm³/mol. The Morgan fingerprint density at radius 2 is 2.05 bits per heavy atom. The van der Waals surface area contributed by atoms with E-state index in [1.807, 2.05) is 24.3 Å². The lowest BCUT2D eigenvalue weighted by atomic mass is 10.1. The normalized spacial score (nSPS) is 10.3. The number of nitrogens with zero attached hydrogens (tertiary/aromatic N) is 1. The van der Waals surface area contributed by atoms with E-state index in [1.54, 1.807) is 19.1 Å². The van der Waals surface area contributed by atoms with Gasteiger partial charge >= 0.3 is 0 Å². The molecule has 0 spiro atoms. The highest BCUT2D eigenvalue weighted by Crippen LogP contribution is 2.29. The molecule has 0 aliphatic rings. The van der Waals surface area contributed by atoms with Crippen LogP contribution in [-0.4, -0.2) is 17.5 Å². The third kappa shape index (κ3) is 3.62. The first-order valence-corrected chi connectivity index (χ1v) is 7.38. The molecule has 0 aliphatic carbocycles. The van der Waals surface area contributed by atoms with Crippen molar-refractivity contribution in [2.75, 3.05) is 6.61 Å². The van der Waals surface area contributed by atoms with Crippen molar-refractivity contribution < 1.29 is 9.53 Å². The van der Waals surface area contributed by atoms with Crippen LogP contribution >= 0.6 is 0 Å². The topological polar surface area (TPSA) is 77.2 Å². The zero-order valence-electron chi connectivity index (χ0n) is 12.9. The van der Waals surface area contributed by atoms with E-state index in [0.717, 1.165) is 29.8 Å². The second-order valence-electron chi connectivity index (χ2n) is 5.00. The number of unbranched alkanes of at least 4 members (excludes halogenated alkanes) is 1. The highest BCUT2D eigenvalue weighted by molar-refractivity contribution is 5.95. The van der Waals surface area contributed by atoms with Crippen molar-refractivity contribution in [3.63, 3.8) is 0 Å². The van der Waals surface area contributed by atoms with Gasteiger partial charge in [-0.2, -0.15) is 0 Å². The quantitative estimate of drug-likeness (QED) is 0.372. The van der Waals surface area contributed by atoms with Crippen LogP contribution in [0.5, 0.6) is 5.75 Å². The number of hydrazine groups is 1. The van der Waals surface area contributed by atoms with Gasteiger partial charge in [-0.15, -0.1) is 0 Å². The van der Waals surface area contributed by atoms with Crippen LogP contribution in [0.4, 0.5) is 0 Å². The van der Waals surface area contributed by atoms with Gasteiger partial charge in [-0.1, -0.05) is 25.5 Å². The van der Waals surface area contributed by atoms with Gasteiger partial charge in [0.25, 0.3) is 5.91 Å². The van der Waals surface area contributed by atoms with Crippen molar-refractivity contribution in [3.8, 4) is 17.0 Å². The lowest BCUT2D eigenvalue weighted by Gasteiger charge is -2.12. The molecule has 116 valence electrons. The van der Waals surface area contributed by atoms with E-state index >= 15 is 0 Å². The van der Waals surface area contributed by atoms with E-state index < -0.39 is 0 Å². The summed E-state index contributed by atoms with van der Waals surface area (Å²) in [7, 11) is 0. The Bertz CT molecular complexity index is 656. The molecule has 1 aromatic heterocycles. The van der Waals surface area contributed by atoms with Crippen LogP contribution in [-0.2, 0) is 0 Å². The van der Waals surface area contributed by atoms with Gasteiger partial charge in [0.1, 0.15) is 5.75 Å². The molecule has 0 bridgehead atoms. The molecule has 1 heterocycles. The smallest absolute Gasteiger partial charge is 0.267 e. The Kier molecular flexibility index (Phi) is 5.49. The summed E-state index contributed by atoms with van der Waals surface area (Å²) < 4.78 is 5.83. The molecular formula is C17H21N3O2. The van der Waals surface area contributed by atoms with Crippen molar-refractivity contribution in [1.29, 1.82) is 0 Å². The Hall–Kier alpha value is -2.40. The second-order valence-corrected chi connectivity index (χ2v) is 5.00. The average Bonchev–Trinajstić information content (AvgIpc) is 2.55. The summed E-state index contributed by atoms with van der Waals surface area (Å²) in [5, 5.41) is 0. The summed E-state index contributed by atoms with van der Waals surface area (Å²) >= 11 is 0. The molecule has 5 heteroatoms. The van der Waals surface area contributed by atoms with E-state index in [9.17, 15) is 4.79 Å². The van der Waals surface area contributed by atoms with Crippen LogP contribution in [0.25, 0.3) is 11.3 Å². The average molecular weight is 299 g/mol. The van der Waals surface area contributed by atoms with Crippen LogP contribution in [0.3, 0.4) is 0 Å². The molecule has 0 saturated heterocycles. The summed E-state index contributed by atoms with van der Waals surface area (Å²) in [5.74, 6) is 5.63. The third-order valence-electron chi connectivity index (χ3n) is 3.38. The van der Waals surface area contributed by atoms with Crippen molar-refractivity contribution in [2.45, 2.75) is 26.7 Å². The zero-order valence-corrected chi connectivity index (χ0v) is 12.9. The van der Waals surface area contributed by atoms with Crippen molar-refractivity contribution >= 4 is 5.91 Å². The number of benzene rings is 1. The Balaban J connectivity index is 2.32. The fourth-order valence-corrected chi connectivity index (χ4v) is 2.16. The molecule has 0 saturated carbocycles. The van der Waals surface area contributed by atoms with E-state index in [0.29, 0.717) is 17.9 Å². The summed E-state index contributed by atoms with van der Waals surface area (Å²) in [4.78, 5) is 16.1. The number of hydrogen-bond acceptors (Lipinski definition) is 4. The molecule has 0 unspecified atom stereocenters. The van der Waals surface area contributed by atoms with Crippen molar-refractivity contribution in [2.24, 2.45) is 5.84 Å². The van der Waals surface area contributed by atoms with Crippen LogP contribution in [0, 0.1) is 6.92 Å². The van der Waals surface area contributed by atoms with Gasteiger partial charge in [0.2, 0.25) is 0 Å². The first-order chi connectivity index (χ1) is 10.7. The Morgan fingerprint density at radius 3 is 2.73 bits per heavy atom. The van der Waals surface area contributed by atoms with Crippen LogP contribution in [0.1, 0.15) is 35.8 Å².